The number of carbonyl (C=O) groups is 1. The lowest BCUT2D eigenvalue weighted by molar-refractivity contribution is 0.102. The predicted octanol–water partition coefficient (Wildman–Crippen LogP) is 4.09. The van der Waals surface area contributed by atoms with E-state index in [9.17, 15) is 4.79 Å². The van der Waals surface area contributed by atoms with Crippen LogP contribution in [0.3, 0.4) is 0 Å². The SMILES string of the molecule is Cc1ccc(Nc2cnc(C(=O)Nc3ccccc3C)cn2)cc1. The molecule has 3 rings (SSSR count). The van der Waals surface area contributed by atoms with Crippen molar-refractivity contribution in [2.45, 2.75) is 13.8 Å². The fourth-order valence-corrected chi connectivity index (χ4v) is 2.19. The number of para-hydroxylation sites is 1. The van der Waals surface area contributed by atoms with Crippen LogP contribution in [0.2, 0.25) is 0 Å². The molecule has 0 spiro atoms. The van der Waals surface area contributed by atoms with Crippen molar-refractivity contribution in [2.24, 2.45) is 0 Å². The highest BCUT2D eigenvalue weighted by molar-refractivity contribution is 6.03. The lowest BCUT2D eigenvalue weighted by Crippen LogP contribution is -2.15. The van der Waals surface area contributed by atoms with E-state index in [0.717, 1.165) is 16.9 Å². The molecule has 5 nitrogen and oxygen atoms in total. The van der Waals surface area contributed by atoms with E-state index in [-0.39, 0.29) is 11.6 Å². The van der Waals surface area contributed by atoms with Crippen LogP contribution in [-0.2, 0) is 0 Å². The van der Waals surface area contributed by atoms with E-state index in [0.29, 0.717) is 5.82 Å². The van der Waals surface area contributed by atoms with Gasteiger partial charge < -0.3 is 10.6 Å². The number of benzene rings is 2. The summed E-state index contributed by atoms with van der Waals surface area (Å²) in [4.78, 5) is 20.7. The van der Waals surface area contributed by atoms with Gasteiger partial charge in [0.05, 0.1) is 12.4 Å². The van der Waals surface area contributed by atoms with Crippen LogP contribution in [0.5, 0.6) is 0 Å². The Morgan fingerprint density at radius 1 is 0.917 bits per heavy atom. The first-order valence-corrected chi connectivity index (χ1v) is 7.64. The second-order valence-corrected chi connectivity index (χ2v) is 5.55. The van der Waals surface area contributed by atoms with Crippen molar-refractivity contribution in [1.82, 2.24) is 9.97 Å². The third kappa shape index (κ3) is 3.76. The summed E-state index contributed by atoms with van der Waals surface area (Å²) in [6.45, 7) is 3.97. The molecule has 1 aromatic heterocycles. The summed E-state index contributed by atoms with van der Waals surface area (Å²) in [7, 11) is 0. The summed E-state index contributed by atoms with van der Waals surface area (Å²) in [5, 5.41) is 5.99. The van der Waals surface area contributed by atoms with Gasteiger partial charge in [0.2, 0.25) is 0 Å². The molecular formula is C19H18N4O. The number of aryl methyl sites for hydroxylation is 2. The molecule has 0 saturated carbocycles. The van der Waals surface area contributed by atoms with Gasteiger partial charge in [-0.25, -0.2) is 9.97 Å². The number of rotatable bonds is 4. The van der Waals surface area contributed by atoms with Gasteiger partial charge in [-0.2, -0.15) is 0 Å². The molecule has 0 aliphatic carbocycles. The van der Waals surface area contributed by atoms with Gasteiger partial charge in [-0.3, -0.25) is 4.79 Å². The predicted molar refractivity (Wildman–Crippen MR) is 95.6 cm³/mol. The molecule has 2 aromatic carbocycles. The fraction of sp³-hybridized carbons (Fsp3) is 0.105. The Morgan fingerprint density at radius 3 is 2.33 bits per heavy atom. The van der Waals surface area contributed by atoms with Gasteiger partial charge in [0.25, 0.3) is 5.91 Å². The summed E-state index contributed by atoms with van der Waals surface area (Å²) >= 11 is 0. The Bertz CT molecular complexity index is 842. The number of amides is 1. The number of nitrogens with one attached hydrogen (secondary N) is 2. The summed E-state index contributed by atoms with van der Waals surface area (Å²) in [5.74, 6) is 0.310. The lowest BCUT2D eigenvalue weighted by atomic mass is 10.2. The minimum Gasteiger partial charge on any atom is -0.339 e. The maximum absolute atomic E-state index is 12.2. The molecule has 0 radical (unpaired) electrons. The number of aromatic nitrogens is 2. The molecule has 0 aliphatic rings. The highest BCUT2D eigenvalue weighted by Gasteiger charge is 2.09. The Morgan fingerprint density at radius 2 is 1.67 bits per heavy atom. The average molecular weight is 318 g/mol. The molecule has 0 saturated heterocycles. The van der Waals surface area contributed by atoms with Gasteiger partial charge in [-0.05, 0) is 37.6 Å². The third-order valence-corrected chi connectivity index (χ3v) is 3.60. The van der Waals surface area contributed by atoms with Gasteiger partial charge >= 0.3 is 0 Å². The van der Waals surface area contributed by atoms with Crippen LogP contribution in [0, 0.1) is 13.8 Å². The Kier molecular flexibility index (Phi) is 4.52. The molecule has 0 aliphatic heterocycles. The number of hydrogen-bond donors (Lipinski definition) is 2. The van der Waals surface area contributed by atoms with E-state index in [1.165, 1.54) is 11.8 Å². The van der Waals surface area contributed by atoms with Crippen LogP contribution in [0.4, 0.5) is 17.2 Å². The molecule has 0 unspecified atom stereocenters. The first-order valence-electron chi connectivity index (χ1n) is 7.64. The topological polar surface area (TPSA) is 66.9 Å². The highest BCUT2D eigenvalue weighted by atomic mass is 16.1. The summed E-state index contributed by atoms with van der Waals surface area (Å²) in [5.41, 5.74) is 4.15. The zero-order chi connectivity index (χ0) is 16.9. The molecule has 3 aromatic rings. The second kappa shape index (κ2) is 6.91. The molecule has 0 atom stereocenters. The maximum atomic E-state index is 12.2. The lowest BCUT2D eigenvalue weighted by Gasteiger charge is -2.08. The smallest absolute Gasteiger partial charge is 0.275 e. The van der Waals surface area contributed by atoms with Gasteiger partial charge in [0.1, 0.15) is 11.5 Å². The molecule has 120 valence electrons. The van der Waals surface area contributed by atoms with Crippen LogP contribution in [0.25, 0.3) is 0 Å². The second-order valence-electron chi connectivity index (χ2n) is 5.55. The van der Waals surface area contributed by atoms with E-state index in [4.69, 9.17) is 0 Å². The van der Waals surface area contributed by atoms with Crippen molar-refractivity contribution in [2.75, 3.05) is 10.6 Å². The Labute approximate surface area is 140 Å². The van der Waals surface area contributed by atoms with Crippen LogP contribution < -0.4 is 10.6 Å². The molecule has 0 bridgehead atoms. The zero-order valence-corrected chi connectivity index (χ0v) is 13.6. The van der Waals surface area contributed by atoms with Crippen LogP contribution >= 0.6 is 0 Å². The largest absolute Gasteiger partial charge is 0.339 e. The van der Waals surface area contributed by atoms with Crippen molar-refractivity contribution in [3.8, 4) is 0 Å². The highest BCUT2D eigenvalue weighted by Crippen LogP contribution is 2.16. The van der Waals surface area contributed by atoms with Crippen molar-refractivity contribution in [3.05, 3.63) is 77.7 Å². The van der Waals surface area contributed by atoms with Gasteiger partial charge in [0, 0.05) is 11.4 Å². The van der Waals surface area contributed by atoms with Crippen molar-refractivity contribution in [3.63, 3.8) is 0 Å². The number of anilines is 3. The van der Waals surface area contributed by atoms with Crippen LogP contribution in [0.15, 0.2) is 60.9 Å². The summed E-state index contributed by atoms with van der Waals surface area (Å²) < 4.78 is 0. The Hall–Kier alpha value is -3.21. The van der Waals surface area contributed by atoms with Crippen LogP contribution in [-0.4, -0.2) is 15.9 Å². The number of carbonyl (C=O) groups excluding carboxylic acids is 1. The van der Waals surface area contributed by atoms with Gasteiger partial charge in [0.15, 0.2) is 0 Å². The normalized spacial score (nSPS) is 10.2. The molecule has 2 N–H and O–H groups in total. The van der Waals surface area contributed by atoms with E-state index in [1.807, 2.05) is 62.4 Å². The Balaban J connectivity index is 1.68. The fourth-order valence-electron chi connectivity index (χ4n) is 2.19. The van der Waals surface area contributed by atoms with Crippen LogP contribution in [0.1, 0.15) is 21.6 Å². The summed E-state index contributed by atoms with van der Waals surface area (Å²) in [6, 6.07) is 15.6. The van der Waals surface area contributed by atoms with Crippen molar-refractivity contribution >= 4 is 23.1 Å². The average Bonchev–Trinajstić information content (AvgIpc) is 2.59. The molecular weight excluding hydrogens is 300 g/mol. The zero-order valence-electron chi connectivity index (χ0n) is 13.6. The van der Waals surface area contributed by atoms with E-state index < -0.39 is 0 Å². The minimum atomic E-state index is -0.279. The molecule has 0 fully saturated rings. The number of hydrogen-bond acceptors (Lipinski definition) is 4. The van der Waals surface area contributed by atoms with Crippen molar-refractivity contribution in [1.29, 1.82) is 0 Å². The monoisotopic (exact) mass is 318 g/mol. The first-order chi connectivity index (χ1) is 11.6. The van der Waals surface area contributed by atoms with Crippen molar-refractivity contribution < 1.29 is 4.79 Å². The molecule has 5 heteroatoms. The van der Waals surface area contributed by atoms with E-state index in [2.05, 4.69) is 20.6 Å². The van der Waals surface area contributed by atoms with E-state index >= 15 is 0 Å². The number of nitrogens with zero attached hydrogens (tertiary/aromatic N) is 2. The molecule has 1 heterocycles. The van der Waals surface area contributed by atoms with E-state index in [1.54, 1.807) is 6.20 Å². The molecule has 24 heavy (non-hydrogen) atoms. The standard InChI is InChI=1S/C19H18N4O/c1-13-7-9-15(10-8-13)22-18-12-20-17(11-21-18)19(24)23-16-6-4-3-5-14(16)2/h3-12H,1-2H3,(H,21,22)(H,23,24). The summed E-state index contributed by atoms with van der Waals surface area (Å²) in [6.07, 6.45) is 3.01. The van der Waals surface area contributed by atoms with Gasteiger partial charge in [-0.1, -0.05) is 35.9 Å². The maximum Gasteiger partial charge on any atom is 0.275 e. The minimum absolute atomic E-state index is 0.271. The third-order valence-electron chi connectivity index (χ3n) is 3.60. The van der Waals surface area contributed by atoms with Gasteiger partial charge in [-0.15, -0.1) is 0 Å². The molecule has 1 amide bonds. The quantitative estimate of drug-likeness (QED) is 0.760. The first kappa shape index (κ1) is 15.7.